The average molecular weight is 193 g/mol. The third kappa shape index (κ3) is 2.22. The van der Waals surface area contributed by atoms with E-state index in [0.29, 0.717) is 17.3 Å². The lowest BCUT2D eigenvalue weighted by molar-refractivity contribution is -0.111. The lowest BCUT2D eigenvalue weighted by Gasteiger charge is -2.05. The Morgan fingerprint density at radius 3 is 3.00 bits per heavy atom. The fraction of sp³-hybridized carbons (Fsp3) is 0.111. The van der Waals surface area contributed by atoms with E-state index in [0.717, 1.165) is 0 Å². The summed E-state index contributed by atoms with van der Waals surface area (Å²) >= 11 is 0. The maximum atomic E-state index is 10.9. The topological polar surface area (TPSA) is 77.2 Å². The van der Waals surface area contributed by atoms with Crippen LogP contribution >= 0.6 is 0 Å². The van der Waals surface area contributed by atoms with Gasteiger partial charge in [0.2, 0.25) is 11.8 Å². The van der Waals surface area contributed by atoms with Crippen LogP contribution in [0.5, 0.6) is 5.88 Å². The SMILES string of the molecule is C=CC(=O)Nc1cnc(OC)c(N)c1. The molecule has 0 aliphatic rings. The second kappa shape index (κ2) is 4.27. The molecule has 1 amide bonds. The summed E-state index contributed by atoms with van der Waals surface area (Å²) in [4.78, 5) is 14.8. The second-order valence-electron chi connectivity index (χ2n) is 2.52. The Morgan fingerprint density at radius 1 is 1.79 bits per heavy atom. The van der Waals surface area contributed by atoms with Crippen LogP contribution in [0.2, 0.25) is 0 Å². The summed E-state index contributed by atoms with van der Waals surface area (Å²) < 4.78 is 4.86. The lowest BCUT2D eigenvalue weighted by atomic mass is 10.3. The van der Waals surface area contributed by atoms with Gasteiger partial charge in [0, 0.05) is 0 Å². The van der Waals surface area contributed by atoms with Crippen molar-refractivity contribution < 1.29 is 9.53 Å². The molecular formula is C9H11N3O2. The van der Waals surface area contributed by atoms with Crippen molar-refractivity contribution >= 4 is 17.3 Å². The van der Waals surface area contributed by atoms with Crippen molar-refractivity contribution in [3.05, 3.63) is 24.9 Å². The zero-order valence-electron chi connectivity index (χ0n) is 7.78. The Labute approximate surface area is 81.6 Å². The van der Waals surface area contributed by atoms with Crippen LogP contribution in [-0.2, 0) is 4.79 Å². The summed E-state index contributed by atoms with van der Waals surface area (Å²) in [7, 11) is 1.47. The standard InChI is InChI=1S/C9H11N3O2/c1-3-8(13)12-6-4-7(10)9(14-2)11-5-6/h3-5H,1,10H2,2H3,(H,12,13). The minimum Gasteiger partial charge on any atom is -0.480 e. The zero-order chi connectivity index (χ0) is 10.6. The van der Waals surface area contributed by atoms with Crippen molar-refractivity contribution in [1.82, 2.24) is 4.98 Å². The fourth-order valence-corrected chi connectivity index (χ4v) is 0.901. The van der Waals surface area contributed by atoms with E-state index in [2.05, 4.69) is 16.9 Å². The molecule has 0 bridgehead atoms. The molecule has 0 unspecified atom stereocenters. The Balaban J connectivity index is 2.86. The van der Waals surface area contributed by atoms with Crippen molar-refractivity contribution in [1.29, 1.82) is 0 Å². The van der Waals surface area contributed by atoms with E-state index in [1.165, 1.54) is 19.4 Å². The Hall–Kier alpha value is -2.04. The molecule has 14 heavy (non-hydrogen) atoms. The lowest BCUT2D eigenvalue weighted by Crippen LogP contribution is -2.08. The molecule has 1 aromatic rings. The third-order valence-electron chi connectivity index (χ3n) is 1.53. The van der Waals surface area contributed by atoms with Gasteiger partial charge in [0.15, 0.2) is 0 Å². The summed E-state index contributed by atoms with van der Waals surface area (Å²) in [5.74, 6) is 0.0259. The van der Waals surface area contributed by atoms with Crippen LogP contribution in [0.3, 0.4) is 0 Å². The third-order valence-corrected chi connectivity index (χ3v) is 1.53. The predicted molar refractivity (Wildman–Crippen MR) is 54.0 cm³/mol. The number of anilines is 2. The Kier molecular flexibility index (Phi) is 3.06. The minimum atomic E-state index is -0.309. The number of carbonyl (C=O) groups excluding carboxylic acids is 1. The van der Waals surface area contributed by atoms with Gasteiger partial charge in [-0.25, -0.2) is 4.98 Å². The van der Waals surface area contributed by atoms with E-state index in [1.54, 1.807) is 6.07 Å². The van der Waals surface area contributed by atoms with Gasteiger partial charge in [-0.05, 0) is 12.1 Å². The molecule has 1 aromatic heterocycles. The van der Waals surface area contributed by atoms with Crippen LogP contribution in [0.15, 0.2) is 24.9 Å². The van der Waals surface area contributed by atoms with Gasteiger partial charge in [0.25, 0.3) is 0 Å². The van der Waals surface area contributed by atoms with Crippen molar-refractivity contribution in [3.8, 4) is 5.88 Å². The van der Waals surface area contributed by atoms with E-state index in [-0.39, 0.29) is 5.91 Å². The maximum Gasteiger partial charge on any atom is 0.247 e. The number of nitrogens with two attached hydrogens (primary N) is 1. The molecule has 74 valence electrons. The number of ether oxygens (including phenoxy) is 1. The molecule has 0 saturated carbocycles. The van der Waals surface area contributed by atoms with Gasteiger partial charge in [0.1, 0.15) is 0 Å². The molecule has 1 rings (SSSR count). The number of hydrogen-bond acceptors (Lipinski definition) is 4. The smallest absolute Gasteiger partial charge is 0.247 e. The second-order valence-corrected chi connectivity index (χ2v) is 2.52. The first-order valence-electron chi connectivity index (χ1n) is 3.90. The Bertz CT molecular complexity index is 363. The van der Waals surface area contributed by atoms with Gasteiger partial charge in [-0.2, -0.15) is 0 Å². The summed E-state index contributed by atoms with van der Waals surface area (Å²) in [6, 6.07) is 1.56. The molecule has 1 heterocycles. The number of rotatable bonds is 3. The predicted octanol–water partition coefficient (Wildman–Crippen LogP) is 0.797. The van der Waals surface area contributed by atoms with Gasteiger partial charge in [0.05, 0.1) is 24.7 Å². The van der Waals surface area contributed by atoms with Crippen molar-refractivity contribution in [2.45, 2.75) is 0 Å². The number of aromatic nitrogens is 1. The highest BCUT2D eigenvalue weighted by atomic mass is 16.5. The molecule has 0 radical (unpaired) electrons. The molecule has 0 fully saturated rings. The number of nitrogens with one attached hydrogen (secondary N) is 1. The van der Waals surface area contributed by atoms with Crippen molar-refractivity contribution in [2.24, 2.45) is 0 Å². The normalized spacial score (nSPS) is 9.21. The highest BCUT2D eigenvalue weighted by molar-refractivity contribution is 5.99. The molecule has 3 N–H and O–H groups in total. The number of carbonyl (C=O) groups is 1. The molecule has 5 nitrogen and oxygen atoms in total. The number of nitrogen functional groups attached to an aromatic ring is 1. The highest BCUT2D eigenvalue weighted by Crippen LogP contribution is 2.20. The fourth-order valence-electron chi connectivity index (χ4n) is 0.901. The molecular weight excluding hydrogens is 182 g/mol. The summed E-state index contributed by atoms with van der Waals surface area (Å²) in [6.07, 6.45) is 2.62. The molecule has 5 heteroatoms. The van der Waals surface area contributed by atoms with E-state index >= 15 is 0 Å². The van der Waals surface area contributed by atoms with Gasteiger partial charge >= 0.3 is 0 Å². The quantitative estimate of drug-likeness (QED) is 0.696. The first-order chi connectivity index (χ1) is 6.67. The molecule has 0 saturated heterocycles. The molecule has 0 aliphatic carbocycles. The number of amides is 1. The van der Waals surface area contributed by atoms with Crippen LogP contribution in [0.4, 0.5) is 11.4 Å². The summed E-state index contributed by atoms with van der Waals surface area (Å²) in [6.45, 7) is 3.32. The maximum absolute atomic E-state index is 10.9. The van der Waals surface area contributed by atoms with Crippen LogP contribution in [0, 0.1) is 0 Å². The van der Waals surface area contributed by atoms with E-state index in [9.17, 15) is 4.79 Å². The average Bonchev–Trinajstić information content (AvgIpc) is 2.18. The number of nitrogens with zero attached hydrogens (tertiary/aromatic N) is 1. The molecule has 0 aromatic carbocycles. The van der Waals surface area contributed by atoms with E-state index < -0.39 is 0 Å². The van der Waals surface area contributed by atoms with Crippen LogP contribution in [-0.4, -0.2) is 18.0 Å². The summed E-state index contributed by atoms with van der Waals surface area (Å²) in [5, 5.41) is 2.53. The first-order valence-corrected chi connectivity index (χ1v) is 3.90. The van der Waals surface area contributed by atoms with E-state index in [4.69, 9.17) is 10.5 Å². The highest BCUT2D eigenvalue weighted by Gasteiger charge is 2.03. The monoisotopic (exact) mass is 193 g/mol. The molecule has 0 spiro atoms. The first kappa shape index (κ1) is 10.0. The number of hydrogen-bond donors (Lipinski definition) is 2. The van der Waals surface area contributed by atoms with Crippen LogP contribution in [0.1, 0.15) is 0 Å². The Morgan fingerprint density at radius 2 is 2.50 bits per heavy atom. The zero-order valence-corrected chi connectivity index (χ0v) is 7.78. The summed E-state index contributed by atoms with van der Waals surface area (Å²) in [5.41, 5.74) is 6.46. The van der Waals surface area contributed by atoms with Crippen molar-refractivity contribution in [2.75, 3.05) is 18.2 Å². The minimum absolute atomic E-state index is 0.309. The van der Waals surface area contributed by atoms with Crippen LogP contribution < -0.4 is 15.8 Å². The molecule has 0 aliphatic heterocycles. The number of methoxy groups -OCH3 is 1. The van der Waals surface area contributed by atoms with Crippen LogP contribution in [0.25, 0.3) is 0 Å². The van der Waals surface area contributed by atoms with E-state index in [1.807, 2.05) is 0 Å². The molecule has 0 atom stereocenters. The van der Waals surface area contributed by atoms with Crippen molar-refractivity contribution in [3.63, 3.8) is 0 Å². The van der Waals surface area contributed by atoms with Gasteiger partial charge < -0.3 is 15.8 Å². The van der Waals surface area contributed by atoms with Gasteiger partial charge in [-0.15, -0.1) is 0 Å². The largest absolute Gasteiger partial charge is 0.480 e. The van der Waals surface area contributed by atoms with Gasteiger partial charge in [-0.1, -0.05) is 6.58 Å². The van der Waals surface area contributed by atoms with Gasteiger partial charge in [-0.3, -0.25) is 4.79 Å². The number of pyridine rings is 1.